The topological polar surface area (TPSA) is 57.6 Å². The van der Waals surface area contributed by atoms with Gasteiger partial charge in [-0.3, -0.25) is 4.79 Å². The molecule has 4 nitrogen and oxygen atoms in total. The van der Waals surface area contributed by atoms with Crippen LogP contribution in [0.3, 0.4) is 0 Å². The molecular formula is C14H17NO3. The van der Waals surface area contributed by atoms with Crippen molar-refractivity contribution >= 4 is 11.9 Å². The lowest BCUT2D eigenvalue weighted by molar-refractivity contribution is 0.0696. The first-order valence-electron chi connectivity index (χ1n) is 6.20. The van der Waals surface area contributed by atoms with Crippen molar-refractivity contribution in [2.45, 2.75) is 19.8 Å². The summed E-state index contributed by atoms with van der Waals surface area (Å²) in [4.78, 5) is 24.9. The van der Waals surface area contributed by atoms with Crippen molar-refractivity contribution in [3.8, 4) is 0 Å². The van der Waals surface area contributed by atoms with Crippen LogP contribution >= 0.6 is 0 Å². The van der Waals surface area contributed by atoms with Crippen LogP contribution in [0.25, 0.3) is 0 Å². The highest BCUT2D eigenvalue weighted by atomic mass is 16.4. The summed E-state index contributed by atoms with van der Waals surface area (Å²) in [6.45, 7) is 3.71. The minimum atomic E-state index is -1.00. The highest BCUT2D eigenvalue weighted by molar-refractivity contribution is 5.97. The number of amides is 1. The van der Waals surface area contributed by atoms with Gasteiger partial charge in [-0.05, 0) is 37.0 Å². The Kier molecular flexibility index (Phi) is 3.65. The molecule has 1 fully saturated rings. The molecule has 18 heavy (non-hydrogen) atoms. The van der Waals surface area contributed by atoms with E-state index in [0.29, 0.717) is 11.5 Å². The van der Waals surface area contributed by atoms with E-state index < -0.39 is 5.97 Å². The number of nitrogens with zero attached hydrogens (tertiary/aromatic N) is 1. The fraction of sp³-hybridized carbons (Fsp3) is 0.429. The van der Waals surface area contributed by atoms with Crippen molar-refractivity contribution in [1.29, 1.82) is 0 Å². The van der Waals surface area contributed by atoms with Gasteiger partial charge in [0.05, 0.1) is 5.56 Å². The molecule has 0 atom stereocenters. The minimum Gasteiger partial charge on any atom is -0.478 e. The number of aromatic carboxylic acids is 1. The van der Waals surface area contributed by atoms with E-state index in [2.05, 4.69) is 6.92 Å². The lowest BCUT2D eigenvalue weighted by Gasteiger charge is -2.30. The molecule has 0 aliphatic carbocycles. The highest BCUT2D eigenvalue weighted by Gasteiger charge is 2.21. The molecule has 0 spiro atoms. The first-order chi connectivity index (χ1) is 8.58. The molecule has 0 aromatic heterocycles. The molecule has 1 aromatic rings. The average molecular weight is 247 g/mol. The van der Waals surface area contributed by atoms with E-state index >= 15 is 0 Å². The molecule has 96 valence electrons. The van der Waals surface area contributed by atoms with Gasteiger partial charge in [0.15, 0.2) is 0 Å². The molecule has 1 aromatic carbocycles. The third kappa shape index (κ3) is 2.70. The number of rotatable bonds is 2. The van der Waals surface area contributed by atoms with Gasteiger partial charge >= 0.3 is 5.97 Å². The average Bonchev–Trinajstić information content (AvgIpc) is 2.39. The molecule has 0 unspecified atom stereocenters. The largest absolute Gasteiger partial charge is 0.478 e. The van der Waals surface area contributed by atoms with E-state index in [9.17, 15) is 9.59 Å². The Hall–Kier alpha value is -1.84. The maximum absolute atomic E-state index is 12.2. The lowest BCUT2D eigenvalue weighted by atomic mass is 9.98. The molecule has 1 amide bonds. The Morgan fingerprint density at radius 3 is 2.44 bits per heavy atom. The number of carbonyl (C=O) groups is 2. The molecule has 4 heteroatoms. The van der Waals surface area contributed by atoms with Crippen LogP contribution < -0.4 is 0 Å². The maximum Gasteiger partial charge on any atom is 0.335 e. The number of likely N-dealkylation sites (tertiary alicyclic amines) is 1. The molecule has 1 aliphatic rings. The molecular weight excluding hydrogens is 230 g/mol. The number of hydrogen-bond acceptors (Lipinski definition) is 2. The zero-order valence-corrected chi connectivity index (χ0v) is 10.4. The van der Waals surface area contributed by atoms with Gasteiger partial charge in [0.1, 0.15) is 0 Å². The van der Waals surface area contributed by atoms with Gasteiger partial charge in [0.2, 0.25) is 0 Å². The number of carboxylic acids is 1. The fourth-order valence-electron chi connectivity index (χ4n) is 2.18. The van der Waals surface area contributed by atoms with Gasteiger partial charge in [-0.15, -0.1) is 0 Å². The Balaban J connectivity index is 2.13. The third-order valence-corrected chi connectivity index (χ3v) is 3.43. The summed E-state index contributed by atoms with van der Waals surface area (Å²) < 4.78 is 0. The van der Waals surface area contributed by atoms with Crippen LogP contribution in [-0.2, 0) is 0 Å². The first kappa shape index (κ1) is 12.6. The normalized spacial score (nSPS) is 16.6. The number of carbonyl (C=O) groups excluding carboxylic acids is 1. The van der Waals surface area contributed by atoms with Gasteiger partial charge in [0.25, 0.3) is 5.91 Å². The van der Waals surface area contributed by atoms with E-state index in [1.807, 2.05) is 0 Å². The van der Waals surface area contributed by atoms with Gasteiger partial charge in [-0.25, -0.2) is 4.79 Å². The number of carboxylic acid groups (broad SMARTS) is 1. The van der Waals surface area contributed by atoms with Gasteiger partial charge in [-0.2, -0.15) is 0 Å². The summed E-state index contributed by atoms with van der Waals surface area (Å²) >= 11 is 0. The Morgan fingerprint density at radius 1 is 1.22 bits per heavy atom. The van der Waals surface area contributed by atoms with Crippen molar-refractivity contribution in [3.05, 3.63) is 35.4 Å². The molecule has 0 saturated carbocycles. The van der Waals surface area contributed by atoms with Crippen LogP contribution in [0.2, 0.25) is 0 Å². The summed E-state index contributed by atoms with van der Waals surface area (Å²) in [7, 11) is 0. The van der Waals surface area contributed by atoms with Crippen LogP contribution in [0.5, 0.6) is 0 Å². The molecule has 1 aliphatic heterocycles. The second kappa shape index (κ2) is 5.21. The molecule has 0 bridgehead atoms. The van der Waals surface area contributed by atoms with Crippen LogP contribution in [0.15, 0.2) is 24.3 Å². The predicted molar refractivity (Wildman–Crippen MR) is 67.7 cm³/mol. The van der Waals surface area contributed by atoms with Crippen molar-refractivity contribution in [2.75, 3.05) is 13.1 Å². The molecule has 1 N–H and O–H groups in total. The van der Waals surface area contributed by atoms with Crippen LogP contribution in [-0.4, -0.2) is 35.0 Å². The summed E-state index contributed by atoms with van der Waals surface area (Å²) in [6, 6.07) is 6.23. The van der Waals surface area contributed by atoms with Crippen molar-refractivity contribution in [2.24, 2.45) is 5.92 Å². The fourth-order valence-corrected chi connectivity index (χ4v) is 2.18. The highest BCUT2D eigenvalue weighted by Crippen LogP contribution is 2.18. The van der Waals surface area contributed by atoms with E-state index in [0.717, 1.165) is 25.9 Å². The number of hydrogen-bond donors (Lipinski definition) is 1. The van der Waals surface area contributed by atoms with E-state index in [1.165, 1.54) is 12.1 Å². The lowest BCUT2D eigenvalue weighted by Crippen LogP contribution is -2.37. The van der Waals surface area contributed by atoms with Gasteiger partial charge in [0, 0.05) is 18.7 Å². The molecule has 0 radical (unpaired) electrons. The van der Waals surface area contributed by atoms with Crippen molar-refractivity contribution < 1.29 is 14.7 Å². The zero-order valence-electron chi connectivity index (χ0n) is 10.4. The standard InChI is InChI=1S/C14H17NO3/c1-10-5-7-15(8-6-10)13(16)11-3-2-4-12(9-11)14(17)18/h2-4,9-10H,5-8H2,1H3,(H,17,18). The number of benzene rings is 1. The zero-order chi connectivity index (χ0) is 13.1. The van der Waals surface area contributed by atoms with E-state index in [1.54, 1.807) is 17.0 Å². The van der Waals surface area contributed by atoms with Crippen molar-refractivity contribution in [3.63, 3.8) is 0 Å². The molecule has 2 rings (SSSR count). The first-order valence-corrected chi connectivity index (χ1v) is 6.20. The van der Waals surface area contributed by atoms with Crippen LogP contribution in [0.1, 0.15) is 40.5 Å². The molecule has 1 saturated heterocycles. The van der Waals surface area contributed by atoms with E-state index in [4.69, 9.17) is 5.11 Å². The third-order valence-electron chi connectivity index (χ3n) is 3.43. The second-order valence-corrected chi connectivity index (χ2v) is 4.86. The Morgan fingerprint density at radius 2 is 1.83 bits per heavy atom. The summed E-state index contributed by atoms with van der Waals surface area (Å²) in [5.41, 5.74) is 0.621. The summed E-state index contributed by atoms with van der Waals surface area (Å²) in [5, 5.41) is 8.91. The Bertz CT molecular complexity index is 462. The Labute approximate surface area is 106 Å². The summed E-state index contributed by atoms with van der Waals surface area (Å²) in [6.07, 6.45) is 2.04. The SMILES string of the molecule is CC1CCN(C(=O)c2cccc(C(=O)O)c2)CC1. The maximum atomic E-state index is 12.2. The smallest absolute Gasteiger partial charge is 0.335 e. The van der Waals surface area contributed by atoms with Crippen molar-refractivity contribution in [1.82, 2.24) is 4.90 Å². The quantitative estimate of drug-likeness (QED) is 0.872. The van der Waals surface area contributed by atoms with Gasteiger partial charge < -0.3 is 10.0 Å². The van der Waals surface area contributed by atoms with Crippen LogP contribution in [0, 0.1) is 5.92 Å². The molecule has 1 heterocycles. The predicted octanol–water partition coefficient (Wildman–Crippen LogP) is 2.26. The van der Waals surface area contributed by atoms with Gasteiger partial charge in [-0.1, -0.05) is 13.0 Å². The summed E-state index contributed by atoms with van der Waals surface area (Å²) in [5.74, 6) is -0.402. The number of piperidine rings is 1. The minimum absolute atomic E-state index is 0.0648. The monoisotopic (exact) mass is 247 g/mol. The van der Waals surface area contributed by atoms with Crippen LogP contribution in [0.4, 0.5) is 0 Å². The van der Waals surface area contributed by atoms with E-state index in [-0.39, 0.29) is 11.5 Å². The second-order valence-electron chi connectivity index (χ2n) is 4.86.